The van der Waals surface area contributed by atoms with Gasteiger partial charge in [-0.25, -0.2) is 9.97 Å². The lowest BCUT2D eigenvalue weighted by Crippen LogP contribution is -1.93. The lowest BCUT2D eigenvalue weighted by atomic mass is 10.0. The van der Waals surface area contributed by atoms with E-state index in [1.165, 1.54) is 10.8 Å². The number of fused-ring (bicyclic) bond motifs is 7. The van der Waals surface area contributed by atoms with Crippen LogP contribution in [0.2, 0.25) is 0 Å². The van der Waals surface area contributed by atoms with Gasteiger partial charge >= 0.3 is 0 Å². The smallest absolute Gasteiger partial charge is 0.146 e. The minimum Gasteiger partial charge on any atom is -0.283 e. The van der Waals surface area contributed by atoms with Crippen molar-refractivity contribution in [2.45, 2.75) is 0 Å². The van der Waals surface area contributed by atoms with Crippen LogP contribution in [0.1, 0.15) is 0 Å². The topological polar surface area (TPSA) is 43.1 Å². The van der Waals surface area contributed by atoms with Gasteiger partial charge in [-0.15, -0.1) is 0 Å². The first-order chi connectivity index (χ1) is 10.4. The second kappa shape index (κ2) is 3.76. The van der Waals surface area contributed by atoms with Crippen molar-refractivity contribution in [2.75, 3.05) is 0 Å². The third-order valence-corrected chi connectivity index (χ3v) is 3.96. The summed E-state index contributed by atoms with van der Waals surface area (Å²) in [7, 11) is 0. The highest BCUT2D eigenvalue weighted by Crippen LogP contribution is 2.30. The molecular weight excluding hydrogens is 260 g/mol. The van der Waals surface area contributed by atoms with Crippen molar-refractivity contribution in [3.05, 3.63) is 61.3 Å². The Morgan fingerprint density at radius 1 is 0.762 bits per heavy atom. The van der Waals surface area contributed by atoms with Crippen LogP contribution in [-0.4, -0.2) is 19.4 Å². The van der Waals surface area contributed by atoms with Gasteiger partial charge in [0.15, 0.2) is 0 Å². The van der Waals surface area contributed by atoms with Gasteiger partial charge in [0.25, 0.3) is 0 Å². The summed E-state index contributed by atoms with van der Waals surface area (Å²) in [6, 6.07) is 10.5. The number of hydrogen-bond donors (Lipinski definition) is 0. The number of hydrogen-bond acceptors (Lipinski definition) is 3. The van der Waals surface area contributed by atoms with Crippen LogP contribution in [0.4, 0.5) is 0 Å². The molecule has 0 aliphatic heterocycles. The average molecular weight is 270 g/mol. The molecule has 0 radical (unpaired) electrons. The molecule has 0 saturated heterocycles. The number of pyridine rings is 3. The zero-order valence-corrected chi connectivity index (χ0v) is 11.1. The second-order valence-corrected chi connectivity index (χ2v) is 5.12. The van der Waals surface area contributed by atoms with E-state index in [0.717, 1.165) is 27.5 Å². The SMILES string of the molecule is c1cnc2c(c1)c1cc3ccncc3cc1c1nccn21. The molecule has 0 saturated carbocycles. The van der Waals surface area contributed by atoms with Gasteiger partial charge in [0.2, 0.25) is 0 Å². The number of nitrogens with zero attached hydrogens (tertiary/aromatic N) is 4. The molecule has 1 aromatic carbocycles. The van der Waals surface area contributed by atoms with Crippen LogP contribution in [0.5, 0.6) is 0 Å². The van der Waals surface area contributed by atoms with Crippen LogP contribution >= 0.6 is 0 Å². The van der Waals surface area contributed by atoms with Gasteiger partial charge in [0.05, 0.1) is 0 Å². The van der Waals surface area contributed by atoms with E-state index in [4.69, 9.17) is 0 Å². The van der Waals surface area contributed by atoms with Crippen LogP contribution in [-0.2, 0) is 0 Å². The molecule has 4 heteroatoms. The van der Waals surface area contributed by atoms with Gasteiger partial charge in [-0.2, -0.15) is 0 Å². The molecular formula is C17H10N4. The van der Waals surface area contributed by atoms with Gasteiger partial charge in [-0.05, 0) is 41.1 Å². The van der Waals surface area contributed by atoms with Crippen molar-refractivity contribution >= 4 is 38.2 Å². The Hall–Kier alpha value is -3.01. The standard InChI is InChI=1S/C17H10N4/c1-2-13-14-8-11-3-5-18-10-12(11)9-15(14)17-20-6-7-21(17)16(13)19-4-1/h1-10H. The summed E-state index contributed by atoms with van der Waals surface area (Å²) in [4.78, 5) is 13.2. The molecule has 5 rings (SSSR count). The molecule has 0 atom stereocenters. The second-order valence-electron chi connectivity index (χ2n) is 5.12. The molecule has 0 aliphatic carbocycles. The lowest BCUT2D eigenvalue weighted by molar-refractivity contribution is 1.20. The Morgan fingerprint density at radius 2 is 1.62 bits per heavy atom. The predicted molar refractivity (Wildman–Crippen MR) is 83.3 cm³/mol. The lowest BCUT2D eigenvalue weighted by Gasteiger charge is -2.08. The highest BCUT2D eigenvalue weighted by molar-refractivity contribution is 6.15. The molecule has 98 valence electrons. The summed E-state index contributed by atoms with van der Waals surface area (Å²) < 4.78 is 2.04. The van der Waals surface area contributed by atoms with Gasteiger partial charge in [0, 0.05) is 47.1 Å². The van der Waals surface area contributed by atoms with E-state index < -0.39 is 0 Å². The van der Waals surface area contributed by atoms with Crippen molar-refractivity contribution in [3.63, 3.8) is 0 Å². The Balaban J connectivity index is 2.18. The Bertz CT molecular complexity index is 1140. The van der Waals surface area contributed by atoms with E-state index in [1.54, 1.807) is 0 Å². The fraction of sp³-hybridized carbons (Fsp3) is 0. The highest BCUT2D eigenvalue weighted by atomic mass is 15.0. The molecule has 4 aromatic heterocycles. The van der Waals surface area contributed by atoms with Crippen molar-refractivity contribution < 1.29 is 0 Å². The van der Waals surface area contributed by atoms with E-state index in [0.29, 0.717) is 0 Å². The number of imidazole rings is 1. The fourth-order valence-corrected chi connectivity index (χ4v) is 3.02. The normalized spacial score (nSPS) is 11.8. The first kappa shape index (κ1) is 10.7. The summed E-state index contributed by atoms with van der Waals surface area (Å²) in [5.41, 5.74) is 1.87. The van der Waals surface area contributed by atoms with Crippen molar-refractivity contribution in [1.82, 2.24) is 19.4 Å². The van der Waals surface area contributed by atoms with Crippen LogP contribution in [0.15, 0.2) is 61.3 Å². The van der Waals surface area contributed by atoms with E-state index >= 15 is 0 Å². The largest absolute Gasteiger partial charge is 0.283 e. The van der Waals surface area contributed by atoms with Gasteiger partial charge in [0.1, 0.15) is 11.3 Å². The zero-order valence-electron chi connectivity index (χ0n) is 11.1. The number of aromatic nitrogens is 4. The summed E-state index contributed by atoms with van der Waals surface area (Å²) in [6.07, 6.45) is 9.30. The van der Waals surface area contributed by atoms with Crippen LogP contribution < -0.4 is 0 Å². The van der Waals surface area contributed by atoms with E-state index in [2.05, 4.69) is 33.2 Å². The van der Waals surface area contributed by atoms with Gasteiger partial charge in [-0.1, -0.05) is 0 Å². The van der Waals surface area contributed by atoms with Crippen molar-refractivity contribution in [3.8, 4) is 0 Å². The minimum atomic E-state index is 0.932. The Morgan fingerprint density at radius 3 is 2.62 bits per heavy atom. The molecule has 4 nitrogen and oxygen atoms in total. The predicted octanol–water partition coefficient (Wildman–Crippen LogP) is 3.58. The number of rotatable bonds is 0. The Labute approximate surface area is 119 Å². The maximum atomic E-state index is 4.52. The average Bonchev–Trinajstić information content (AvgIpc) is 3.03. The van der Waals surface area contributed by atoms with E-state index in [9.17, 15) is 0 Å². The molecule has 0 bridgehead atoms. The van der Waals surface area contributed by atoms with Crippen molar-refractivity contribution in [1.29, 1.82) is 0 Å². The number of benzene rings is 1. The molecule has 0 spiro atoms. The first-order valence-corrected chi connectivity index (χ1v) is 6.79. The molecule has 0 fully saturated rings. The summed E-state index contributed by atoms with van der Waals surface area (Å²) in [5, 5.41) is 5.74. The summed E-state index contributed by atoms with van der Waals surface area (Å²) in [5.74, 6) is 0. The van der Waals surface area contributed by atoms with E-state index in [-0.39, 0.29) is 0 Å². The molecule has 0 amide bonds. The Kier molecular flexibility index (Phi) is 1.92. The third-order valence-electron chi connectivity index (χ3n) is 3.96. The quantitative estimate of drug-likeness (QED) is 0.319. The highest BCUT2D eigenvalue weighted by Gasteiger charge is 2.10. The fourth-order valence-electron chi connectivity index (χ4n) is 3.02. The maximum Gasteiger partial charge on any atom is 0.146 e. The van der Waals surface area contributed by atoms with Gasteiger partial charge in [-0.3, -0.25) is 9.38 Å². The maximum absolute atomic E-state index is 4.52. The minimum absolute atomic E-state index is 0.932. The summed E-state index contributed by atoms with van der Waals surface area (Å²) >= 11 is 0. The molecule has 4 heterocycles. The monoisotopic (exact) mass is 270 g/mol. The van der Waals surface area contributed by atoms with Gasteiger partial charge < -0.3 is 0 Å². The van der Waals surface area contributed by atoms with Crippen LogP contribution in [0.3, 0.4) is 0 Å². The van der Waals surface area contributed by atoms with Crippen LogP contribution in [0, 0.1) is 0 Å². The zero-order chi connectivity index (χ0) is 13.8. The summed E-state index contributed by atoms with van der Waals surface area (Å²) in [6.45, 7) is 0. The van der Waals surface area contributed by atoms with Crippen LogP contribution in [0.25, 0.3) is 38.2 Å². The van der Waals surface area contributed by atoms with Crippen molar-refractivity contribution in [2.24, 2.45) is 0 Å². The molecule has 0 N–H and O–H groups in total. The molecule has 21 heavy (non-hydrogen) atoms. The molecule has 5 aromatic rings. The molecule has 0 aliphatic rings. The first-order valence-electron chi connectivity index (χ1n) is 6.79. The third kappa shape index (κ3) is 1.36. The van der Waals surface area contributed by atoms with E-state index in [1.807, 2.05) is 47.5 Å². The molecule has 0 unspecified atom stereocenters.